The molecule has 0 aromatic heterocycles. The van der Waals surface area contributed by atoms with Gasteiger partial charge in [0.1, 0.15) is 5.75 Å². The average Bonchev–Trinajstić information content (AvgIpc) is 2.75. The van der Waals surface area contributed by atoms with Gasteiger partial charge in [-0.3, -0.25) is 24.5 Å². The van der Waals surface area contributed by atoms with E-state index in [0.29, 0.717) is 17.9 Å². The molecule has 0 aliphatic heterocycles. The SMILES string of the molecule is CCCOc1ccc(C(=O)CCC(=O)OCC(=O)Nc2cccc([N+](=O)[O-])c2)cc1. The molecule has 2 aromatic rings. The van der Waals surface area contributed by atoms with Crippen LogP contribution in [0.25, 0.3) is 0 Å². The van der Waals surface area contributed by atoms with Crippen molar-refractivity contribution >= 4 is 29.0 Å². The van der Waals surface area contributed by atoms with Gasteiger partial charge in [-0.05, 0) is 36.8 Å². The van der Waals surface area contributed by atoms with Crippen LogP contribution in [0.5, 0.6) is 5.75 Å². The molecule has 0 heterocycles. The number of nitro groups is 1. The van der Waals surface area contributed by atoms with Crippen LogP contribution in [0.2, 0.25) is 0 Å². The number of hydrogen-bond donors (Lipinski definition) is 1. The molecule has 0 radical (unpaired) electrons. The van der Waals surface area contributed by atoms with E-state index in [9.17, 15) is 24.5 Å². The number of anilines is 1. The number of esters is 1. The summed E-state index contributed by atoms with van der Waals surface area (Å²) in [7, 11) is 0. The van der Waals surface area contributed by atoms with Gasteiger partial charge < -0.3 is 14.8 Å². The normalized spacial score (nSPS) is 10.2. The van der Waals surface area contributed by atoms with Gasteiger partial charge in [0, 0.05) is 29.8 Å². The van der Waals surface area contributed by atoms with Crippen molar-refractivity contribution in [2.45, 2.75) is 26.2 Å². The lowest BCUT2D eigenvalue weighted by atomic mass is 10.1. The van der Waals surface area contributed by atoms with Crippen molar-refractivity contribution in [3.8, 4) is 5.75 Å². The Bertz CT molecular complexity index is 910. The van der Waals surface area contributed by atoms with Crippen LogP contribution in [0.15, 0.2) is 48.5 Å². The summed E-state index contributed by atoms with van der Waals surface area (Å²) in [5.41, 5.74) is 0.495. The van der Waals surface area contributed by atoms with Crippen molar-refractivity contribution in [2.75, 3.05) is 18.5 Å². The lowest BCUT2D eigenvalue weighted by molar-refractivity contribution is -0.384. The number of rotatable bonds is 11. The second kappa shape index (κ2) is 11.3. The second-order valence-corrected chi connectivity index (χ2v) is 6.31. The third-order valence-corrected chi connectivity index (χ3v) is 3.91. The summed E-state index contributed by atoms with van der Waals surface area (Å²) in [6.45, 7) is 2.03. The molecule has 0 aliphatic rings. The first-order chi connectivity index (χ1) is 14.4. The van der Waals surface area contributed by atoms with E-state index in [1.165, 1.54) is 24.3 Å². The second-order valence-electron chi connectivity index (χ2n) is 6.31. The topological polar surface area (TPSA) is 125 Å². The molecule has 1 N–H and O–H groups in total. The fraction of sp³-hybridized carbons (Fsp3) is 0.286. The number of carbonyl (C=O) groups excluding carboxylic acids is 3. The van der Waals surface area contributed by atoms with Crippen molar-refractivity contribution in [1.29, 1.82) is 0 Å². The van der Waals surface area contributed by atoms with Gasteiger partial charge in [-0.1, -0.05) is 13.0 Å². The van der Waals surface area contributed by atoms with Crippen LogP contribution in [0.4, 0.5) is 11.4 Å². The molecular formula is C21H22N2O7. The Morgan fingerprint density at radius 1 is 1.07 bits per heavy atom. The van der Waals surface area contributed by atoms with E-state index in [4.69, 9.17) is 9.47 Å². The first-order valence-electron chi connectivity index (χ1n) is 9.35. The molecule has 1 amide bonds. The molecule has 9 nitrogen and oxygen atoms in total. The molecular weight excluding hydrogens is 392 g/mol. The van der Waals surface area contributed by atoms with Gasteiger partial charge in [0.25, 0.3) is 11.6 Å². The minimum absolute atomic E-state index is 0.0551. The van der Waals surface area contributed by atoms with Gasteiger partial charge in [0.2, 0.25) is 0 Å². The Morgan fingerprint density at radius 3 is 2.47 bits per heavy atom. The van der Waals surface area contributed by atoms with E-state index in [1.807, 2.05) is 6.92 Å². The lowest BCUT2D eigenvalue weighted by Gasteiger charge is -2.07. The molecule has 30 heavy (non-hydrogen) atoms. The molecule has 0 unspecified atom stereocenters. The van der Waals surface area contributed by atoms with E-state index in [1.54, 1.807) is 24.3 Å². The summed E-state index contributed by atoms with van der Waals surface area (Å²) in [6, 6.07) is 12.0. The zero-order chi connectivity index (χ0) is 21.9. The fourth-order valence-corrected chi connectivity index (χ4v) is 2.43. The maximum atomic E-state index is 12.2. The number of ketones is 1. The van der Waals surface area contributed by atoms with Crippen molar-refractivity contribution < 1.29 is 28.8 Å². The van der Waals surface area contributed by atoms with E-state index in [0.717, 1.165) is 6.42 Å². The highest BCUT2D eigenvalue weighted by Crippen LogP contribution is 2.17. The standard InChI is InChI=1S/C21H22N2O7/c1-2-12-29-18-8-6-15(7-9-18)19(24)10-11-21(26)30-14-20(25)22-16-4-3-5-17(13-16)23(27)28/h3-9,13H,2,10-12,14H2,1H3,(H,22,25). The fourth-order valence-electron chi connectivity index (χ4n) is 2.43. The molecule has 2 rings (SSSR count). The Labute approximate surface area is 173 Å². The molecule has 9 heteroatoms. The number of Topliss-reactive ketones (excluding diaryl/α,β-unsaturated/α-hetero) is 1. The molecule has 0 aliphatic carbocycles. The first-order valence-corrected chi connectivity index (χ1v) is 9.35. The zero-order valence-corrected chi connectivity index (χ0v) is 16.5. The first kappa shape index (κ1) is 22.5. The van der Waals surface area contributed by atoms with Gasteiger partial charge in [0.05, 0.1) is 18.0 Å². The van der Waals surface area contributed by atoms with Crippen LogP contribution in [0.1, 0.15) is 36.5 Å². The number of non-ortho nitro benzene ring substituents is 1. The van der Waals surface area contributed by atoms with Crippen molar-refractivity contribution in [1.82, 2.24) is 0 Å². The van der Waals surface area contributed by atoms with E-state index >= 15 is 0 Å². The molecule has 0 saturated carbocycles. The summed E-state index contributed by atoms with van der Waals surface area (Å²) in [6.07, 6.45) is 0.656. The van der Waals surface area contributed by atoms with E-state index in [-0.39, 0.29) is 30.0 Å². The lowest BCUT2D eigenvalue weighted by Crippen LogP contribution is -2.21. The molecule has 0 bridgehead atoms. The van der Waals surface area contributed by atoms with Crippen LogP contribution in [-0.4, -0.2) is 35.8 Å². The van der Waals surface area contributed by atoms with Crippen LogP contribution in [0.3, 0.4) is 0 Å². The molecule has 0 spiro atoms. The van der Waals surface area contributed by atoms with Crippen LogP contribution < -0.4 is 10.1 Å². The van der Waals surface area contributed by atoms with Gasteiger partial charge in [0.15, 0.2) is 12.4 Å². The van der Waals surface area contributed by atoms with Gasteiger partial charge >= 0.3 is 5.97 Å². The molecule has 0 saturated heterocycles. The number of nitro benzene ring substituents is 1. The van der Waals surface area contributed by atoms with Crippen molar-refractivity contribution in [3.63, 3.8) is 0 Å². The highest BCUT2D eigenvalue weighted by molar-refractivity contribution is 5.98. The molecule has 0 atom stereocenters. The van der Waals surface area contributed by atoms with E-state index in [2.05, 4.69) is 5.32 Å². The number of nitrogens with zero attached hydrogens (tertiary/aromatic N) is 1. The highest BCUT2D eigenvalue weighted by Gasteiger charge is 2.13. The number of ether oxygens (including phenoxy) is 2. The molecule has 158 valence electrons. The Kier molecular flexibility index (Phi) is 8.49. The summed E-state index contributed by atoms with van der Waals surface area (Å²) >= 11 is 0. The molecule has 0 fully saturated rings. The summed E-state index contributed by atoms with van der Waals surface area (Å²) in [5, 5.41) is 13.1. The van der Waals surface area contributed by atoms with Gasteiger partial charge in [-0.25, -0.2) is 0 Å². The summed E-state index contributed by atoms with van der Waals surface area (Å²) < 4.78 is 10.3. The third kappa shape index (κ3) is 7.34. The molecule has 2 aromatic carbocycles. The van der Waals surface area contributed by atoms with Crippen molar-refractivity contribution in [2.24, 2.45) is 0 Å². The quantitative estimate of drug-likeness (QED) is 0.258. The summed E-state index contributed by atoms with van der Waals surface area (Å²) in [4.78, 5) is 45.9. The zero-order valence-electron chi connectivity index (χ0n) is 16.5. The maximum Gasteiger partial charge on any atom is 0.306 e. The average molecular weight is 414 g/mol. The largest absolute Gasteiger partial charge is 0.494 e. The van der Waals surface area contributed by atoms with Gasteiger partial charge in [-0.15, -0.1) is 0 Å². The third-order valence-electron chi connectivity index (χ3n) is 3.91. The minimum atomic E-state index is -0.694. The number of hydrogen-bond acceptors (Lipinski definition) is 7. The number of benzene rings is 2. The van der Waals surface area contributed by atoms with Crippen LogP contribution in [0, 0.1) is 10.1 Å². The predicted molar refractivity (Wildman–Crippen MR) is 108 cm³/mol. The highest BCUT2D eigenvalue weighted by atomic mass is 16.6. The maximum absolute atomic E-state index is 12.2. The number of amides is 1. The Morgan fingerprint density at radius 2 is 1.80 bits per heavy atom. The van der Waals surface area contributed by atoms with Crippen LogP contribution in [-0.2, 0) is 14.3 Å². The van der Waals surface area contributed by atoms with Crippen molar-refractivity contribution in [3.05, 3.63) is 64.2 Å². The number of nitrogens with one attached hydrogen (secondary N) is 1. The minimum Gasteiger partial charge on any atom is -0.494 e. The Hall–Kier alpha value is -3.75. The summed E-state index contributed by atoms with van der Waals surface area (Å²) in [5.74, 6) is -0.893. The van der Waals surface area contributed by atoms with Gasteiger partial charge in [-0.2, -0.15) is 0 Å². The predicted octanol–water partition coefficient (Wildman–Crippen LogP) is 3.53. The monoisotopic (exact) mass is 414 g/mol. The van der Waals surface area contributed by atoms with E-state index < -0.39 is 23.4 Å². The smallest absolute Gasteiger partial charge is 0.306 e. The van der Waals surface area contributed by atoms with Crippen LogP contribution >= 0.6 is 0 Å². The number of carbonyl (C=O) groups is 3. The Balaban J connectivity index is 1.73.